The van der Waals surface area contributed by atoms with E-state index >= 15 is 0 Å². The lowest BCUT2D eigenvalue weighted by Crippen LogP contribution is -1.83. The molecule has 0 amide bonds. The van der Waals surface area contributed by atoms with Crippen LogP contribution in [0.1, 0.15) is 31.7 Å². The van der Waals surface area contributed by atoms with Crippen molar-refractivity contribution in [1.29, 1.82) is 0 Å². The van der Waals surface area contributed by atoms with Gasteiger partial charge in [0.1, 0.15) is 5.75 Å². The fraction of sp³-hybridized carbons (Fsp3) is 0.294. The van der Waals surface area contributed by atoms with Crippen molar-refractivity contribution >= 4 is 0 Å². The van der Waals surface area contributed by atoms with Gasteiger partial charge in [-0.05, 0) is 30.5 Å². The van der Waals surface area contributed by atoms with E-state index in [2.05, 4.69) is 37.3 Å². The van der Waals surface area contributed by atoms with E-state index in [0.717, 1.165) is 0 Å². The van der Waals surface area contributed by atoms with Gasteiger partial charge in [-0.15, -0.1) is 0 Å². The van der Waals surface area contributed by atoms with Crippen molar-refractivity contribution in [3.05, 3.63) is 66.2 Å². The number of unbranched alkanes of at least 4 members (excludes halogenated alkanes) is 2. The standard InChI is InChI=1S/C11H16.C6H6O/c1-2-3-5-8-11-9-6-4-7-10-11;7-6-4-2-1-3-5-6/h4,6-7,9-10H,2-3,5,8H2,1H3;1-5,7H. The minimum Gasteiger partial charge on any atom is -0.508 e. The Morgan fingerprint density at radius 2 is 1.33 bits per heavy atom. The van der Waals surface area contributed by atoms with Crippen LogP contribution in [0.3, 0.4) is 0 Å². The second-order valence-electron chi connectivity index (χ2n) is 4.28. The number of para-hydroxylation sites is 1. The quantitative estimate of drug-likeness (QED) is 0.763. The Labute approximate surface area is 110 Å². The maximum absolute atomic E-state index is 8.63. The zero-order chi connectivity index (χ0) is 13.1. The van der Waals surface area contributed by atoms with Crippen molar-refractivity contribution in [3.63, 3.8) is 0 Å². The Morgan fingerprint density at radius 1 is 0.778 bits per heavy atom. The molecule has 0 aliphatic carbocycles. The topological polar surface area (TPSA) is 20.2 Å². The first-order chi connectivity index (χ1) is 8.83. The SMILES string of the molecule is CCCCCc1ccccc1.Oc1ccccc1. The van der Waals surface area contributed by atoms with Gasteiger partial charge in [-0.3, -0.25) is 0 Å². The number of benzene rings is 2. The molecule has 0 spiro atoms. The summed E-state index contributed by atoms with van der Waals surface area (Å²) in [6.45, 7) is 2.24. The van der Waals surface area contributed by atoms with Crippen molar-refractivity contribution in [2.24, 2.45) is 0 Å². The Balaban J connectivity index is 0.000000199. The minimum atomic E-state index is 0.322. The normalized spacial score (nSPS) is 9.39. The van der Waals surface area contributed by atoms with E-state index in [0.29, 0.717) is 5.75 Å². The molecule has 0 unspecified atom stereocenters. The second-order valence-corrected chi connectivity index (χ2v) is 4.28. The van der Waals surface area contributed by atoms with Gasteiger partial charge in [0, 0.05) is 0 Å². The van der Waals surface area contributed by atoms with E-state index in [1.807, 2.05) is 6.07 Å². The summed E-state index contributed by atoms with van der Waals surface area (Å²) in [5.74, 6) is 0.322. The molecule has 0 bridgehead atoms. The molecule has 2 aromatic carbocycles. The number of rotatable bonds is 4. The fourth-order valence-electron chi connectivity index (χ4n) is 1.65. The first-order valence-corrected chi connectivity index (χ1v) is 6.61. The zero-order valence-corrected chi connectivity index (χ0v) is 11.0. The van der Waals surface area contributed by atoms with Crippen LogP contribution in [0.4, 0.5) is 0 Å². The predicted octanol–water partition coefficient (Wildman–Crippen LogP) is 4.81. The Kier molecular flexibility index (Phi) is 7.38. The first-order valence-electron chi connectivity index (χ1n) is 6.61. The summed E-state index contributed by atoms with van der Waals surface area (Å²) in [7, 11) is 0. The van der Waals surface area contributed by atoms with Crippen LogP contribution in [0.25, 0.3) is 0 Å². The largest absolute Gasteiger partial charge is 0.508 e. The minimum absolute atomic E-state index is 0.322. The number of phenolic OH excluding ortho intramolecular Hbond substituents is 1. The molecule has 1 N–H and O–H groups in total. The van der Waals surface area contributed by atoms with Gasteiger partial charge >= 0.3 is 0 Å². The molecule has 0 aliphatic heterocycles. The molecule has 0 aliphatic rings. The highest BCUT2D eigenvalue weighted by Crippen LogP contribution is 2.05. The molecule has 0 fully saturated rings. The molecular formula is C17H22O. The molecule has 18 heavy (non-hydrogen) atoms. The molecule has 0 atom stereocenters. The van der Waals surface area contributed by atoms with Gasteiger partial charge in [-0.1, -0.05) is 68.3 Å². The summed E-state index contributed by atoms with van der Waals surface area (Å²) in [5.41, 5.74) is 1.47. The van der Waals surface area contributed by atoms with Gasteiger partial charge in [0.05, 0.1) is 0 Å². The van der Waals surface area contributed by atoms with Crippen molar-refractivity contribution in [2.45, 2.75) is 32.6 Å². The summed E-state index contributed by atoms with van der Waals surface area (Å²) >= 11 is 0. The van der Waals surface area contributed by atoms with Gasteiger partial charge in [0.2, 0.25) is 0 Å². The number of aryl methyl sites for hydroxylation is 1. The third-order valence-corrected chi connectivity index (χ3v) is 2.67. The monoisotopic (exact) mass is 242 g/mol. The van der Waals surface area contributed by atoms with Crippen LogP contribution in [0.15, 0.2) is 60.7 Å². The van der Waals surface area contributed by atoms with Crippen molar-refractivity contribution < 1.29 is 5.11 Å². The van der Waals surface area contributed by atoms with Crippen LogP contribution in [0.5, 0.6) is 5.75 Å². The van der Waals surface area contributed by atoms with Crippen LogP contribution < -0.4 is 0 Å². The van der Waals surface area contributed by atoms with E-state index in [1.165, 1.54) is 31.2 Å². The summed E-state index contributed by atoms with van der Waals surface area (Å²) in [6, 6.07) is 19.4. The predicted molar refractivity (Wildman–Crippen MR) is 77.8 cm³/mol. The van der Waals surface area contributed by atoms with Gasteiger partial charge in [0.25, 0.3) is 0 Å². The van der Waals surface area contributed by atoms with Crippen molar-refractivity contribution in [1.82, 2.24) is 0 Å². The van der Waals surface area contributed by atoms with Crippen molar-refractivity contribution in [2.75, 3.05) is 0 Å². The summed E-state index contributed by atoms with van der Waals surface area (Å²) in [4.78, 5) is 0. The van der Waals surface area contributed by atoms with E-state index < -0.39 is 0 Å². The number of hydrogen-bond acceptors (Lipinski definition) is 1. The average Bonchev–Trinajstić information content (AvgIpc) is 2.42. The fourth-order valence-corrected chi connectivity index (χ4v) is 1.65. The Bertz CT molecular complexity index is 394. The maximum Gasteiger partial charge on any atom is 0.115 e. The molecular weight excluding hydrogens is 220 g/mol. The van der Waals surface area contributed by atoms with Crippen LogP contribution in [0, 0.1) is 0 Å². The third kappa shape index (κ3) is 6.74. The molecule has 2 aromatic rings. The smallest absolute Gasteiger partial charge is 0.115 e. The van der Waals surface area contributed by atoms with Crippen molar-refractivity contribution in [3.8, 4) is 5.75 Å². The second kappa shape index (κ2) is 9.29. The molecule has 1 nitrogen and oxygen atoms in total. The molecule has 0 aromatic heterocycles. The molecule has 0 heterocycles. The lowest BCUT2D eigenvalue weighted by Gasteiger charge is -1.98. The molecule has 1 heteroatoms. The highest BCUT2D eigenvalue weighted by molar-refractivity contribution is 5.18. The zero-order valence-electron chi connectivity index (χ0n) is 11.0. The first kappa shape index (κ1) is 14.3. The molecule has 96 valence electrons. The van der Waals surface area contributed by atoms with Gasteiger partial charge in [0.15, 0.2) is 0 Å². The van der Waals surface area contributed by atoms with Crippen LogP contribution in [0.2, 0.25) is 0 Å². The Hall–Kier alpha value is -1.76. The van der Waals surface area contributed by atoms with E-state index in [-0.39, 0.29) is 0 Å². The number of aromatic hydroxyl groups is 1. The molecule has 0 saturated heterocycles. The molecule has 0 radical (unpaired) electrons. The van der Waals surface area contributed by atoms with Crippen LogP contribution in [-0.2, 0) is 6.42 Å². The van der Waals surface area contributed by atoms with Gasteiger partial charge in [-0.2, -0.15) is 0 Å². The molecule has 0 saturated carbocycles. The van der Waals surface area contributed by atoms with E-state index in [4.69, 9.17) is 5.11 Å². The highest BCUT2D eigenvalue weighted by atomic mass is 16.3. The van der Waals surface area contributed by atoms with E-state index in [1.54, 1.807) is 24.3 Å². The summed E-state index contributed by atoms with van der Waals surface area (Å²) < 4.78 is 0. The average molecular weight is 242 g/mol. The van der Waals surface area contributed by atoms with Gasteiger partial charge < -0.3 is 5.11 Å². The lowest BCUT2D eigenvalue weighted by atomic mass is 10.1. The highest BCUT2D eigenvalue weighted by Gasteiger charge is 1.89. The number of hydrogen-bond donors (Lipinski definition) is 1. The van der Waals surface area contributed by atoms with E-state index in [9.17, 15) is 0 Å². The Morgan fingerprint density at radius 3 is 1.78 bits per heavy atom. The van der Waals surface area contributed by atoms with Crippen LogP contribution in [-0.4, -0.2) is 5.11 Å². The maximum atomic E-state index is 8.63. The summed E-state index contributed by atoms with van der Waals surface area (Å²) in [6.07, 6.45) is 5.25. The van der Waals surface area contributed by atoms with Crippen LogP contribution >= 0.6 is 0 Å². The van der Waals surface area contributed by atoms with Gasteiger partial charge in [-0.25, -0.2) is 0 Å². The lowest BCUT2D eigenvalue weighted by molar-refractivity contribution is 0.475. The molecule has 2 rings (SSSR count). The number of phenols is 1. The summed E-state index contributed by atoms with van der Waals surface area (Å²) in [5, 5.41) is 8.63. The third-order valence-electron chi connectivity index (χ3n) is 2.67.